The lowest BCUT2D eigenvalue weighted by molar-refractivity contribution is -0.523. The fourth-order valence-corrected chi connectivity index (χ4v) is 4.66. The number of hydroxylamine groups is 1. The second kappa shape index (κ2) is 5.64. The molecule has 6 heteroatoms. The molecule has 19 heavy (non-hydrogen) atoms. The van der Waals surface area contributed by atoms with Crippen molar-refractivity contribution in [3.8, 4) is 0 Å². The van der Waals surface area contributed by atoms with Crippen molar-refractivity contribution in [1.29, 1.82) is 0 Å². The van der Waals surface area contributed by atoms with Crippen molar-refractivity contribution in [1.82, 2.24) is 4.90 Å². The van der Waals surface area contributed by atoms with Gasteiger partial charge in [0.05, 0.1) is 4.88 Å². The third kappa shape index (κ3) is 3.01. The quantitative estimate of drug-likeness (QED) is 0.213. The van der Waals surface area contributed by atoms with Crippen molar-refractivity contribution in [3.05, 3.63) is 40.3 Å². The molecule has 0 saturated carbocycles. The normalized spacial score (nSPS) is 22.8. The number of thioether (sulfide) groups is 1. The number of rotatable bonds is 4. The number of nitrogens with zero attached hydrogens (tertiary/aromatic N) is 2. The maximum atomic E-state index is 12.5. The summed E-state index contributed by atoms with van der Waals surface area (Å²) in [5, 5.41) is 14.4. The molecule has 1 aliphatic heterocycles. The van der Waals surface area contributed by atoms with E-state index in [0.29, 0.717) is 6.54 Å². The second-order valence-corrected chi connectivity index (χ2v) is 8.06. The zero-order valence-electron chi connectivity index (χ0n) is 10.9. The molecule has 1 aliphatic rings. The minimum Gasteiger partial charge on any atom is -0.622 e. The number of thiocarbonyl (C=S) groups is 1. The Labute approximate surface area is 127 Å². The van der Waals surface area contributed by atoms with E-state index in [9.17, 15) is 5.21 Å². The predicted molar refractivity (Wildman–Crippen MR) is 88.1 cm³/mol. The van der Waals surface area contributed by atoms with Gasteiger partial charge in [-0.3, -0.25) is 4.90 Å². The molecule has 1 unspecified atom stereocenters. The molecule has 3 nitrogen and oxygen atoms in total. The zero-order chi connectivity index (χ0) is 14.0. The van der Waals surface area contributed by atoms with Crippen LogP contribution >= 0.6 is 35.3 Å². The summed E-state index contributed by atoms with van der Waals surface area (Å²) in [6.45, 7) is 8.42. The van der Waals surface area contributed by atoms with Gasteiger partial charge < -0.3 is 5.21 Å². The summed E-state index contributed by atoms with van der Waals surface area (Å²) in [7, 11) is 0. The SMILES string of the molecule is C=CCN1C(=S)SC(C)(C)C1/[N+]([O-])=C/c1cccs1. The van der Waals surface area contributed by atoms with Crippen LogP contribution in [0.15, 0.2) is 30.2 Å². The molecule has 1 fully saturated rings. The van der Waals surface area contributed by atoms with Gasteiger partial charge in [-0.2, -0.15) is 4.74 Å². The summed E-state index contributed by atoms with van der Waals surface area (Å²) < 4.78 is 1.53. The highest BCUT2D eigenvalue weighted by Gasteiger charge is 2.49. The number of hydrogen-bond acceptors (Lipinski definition) is 4. The Morgan fingerprint density at radius 2 is 2.37 bits per heavy atom. The molecule has 1 atom stereocenters. The van der Waals surface area contributed by atoms with E-state index in [0.717, 1.165) is 13.9 Å². The molecule has 0 amide bonds. The summed E-state index contributed by atoms with van der Waals surface area (Å²) in [4.78, 5) is 2.89. The highest BCUT2D eigenvalue weighted by molar-refractivity contribution is 8.24. The van der Waals surface area contributed by atoms with Crippen molar-refractivity contribution >= 4 is 45.9 Å². The first-order valence-electron chi connectivity index (χ1n) is 5.90. The van der Waals surface area contributed by atoms with Gasteiger partial charge in [0.2, 0.25) is 0 Å². The monoisotopic (exact) mass is 312 g/mol. The van der Waals surface area contributed by atoms with E-state index in [1.165, 1.54) is 0 Å². The van der Waals surface area contributed by atoms with Gasteiger partial charge in [-0.25, -0.2) is 0 Å². The Morgan fingerprint density at radius 1 is 1.63 bits per heavy atom. The first-order valence-corrected chi connectivity index (χ1v) is 8.00. The van der Waals surface area contributed by atoms with E-state index < -0.39 is 0 Å². The van der Waals surface area contributed by atoms with Crippen LogP contribution in [0.2, 0.25) is 0 Å². The highest BCUT2D eigenvalue weighted by atomic mass is 32.2. The van der Waals surface area contributed by atoms with Crippen molar-refractivity contribution in [2.45, 2.75) is 24.8 Å². The summed E-state index contributed by atoms with van der Waals surface area (Å²) in [5.41, 5.74) is 0. The van der Waals surface area contributed by atoms with Crippen LogP contribution in [0.5, 0.6) is 0 Å². The van der Waals surface area contributed by atoms with Crippen molar-refractivity contribution in [2.24, 2.45) is 0 Å². The summed E-state index contributed by atoms with van der Waals surface area (Å²) in [6, 6.07) is 3.87. The molecular formula is C13H16N2OS3. The Bertz CT molecular complexity index is 508. The Kier molecular flexibility index (Phi) is 4.32. The van der Waals surface area contributed by atoms with Crippen LogP contribution in [-0.4, -0.2) is 37.6 Å². The summed E-state index contributed by atoms with van der Waals surface area (Å²) in [6.07, 6.45) is 3.12. The smallest absolute Gasteiger partial charge is 0.254 e. The largest absolute Gasteiger partial charge is 0.622 e. The fraction of sp³-hybridized carbons (Fsp3) is 0.385. The van der Waals surface area contributed by atoms with Gasteiger partial charge in [-0.05, 0) is 25.3 Å². The van der Waals surface area contributed by atoms with Gasteiger partial charge in [-0.1, -0.05) is 36.1 Å². The van der Waals surface area contributed by atoms with Gasteiger partial charge >= 0.3 is 0 Å². The van der Waals surface area contributed by atoms with Crippen LogP contribution in [0.1, 0.15) is 18.7 Å². The first kappa shape index (κ1) is 14.6. The fourth-order valence-electron chi connectivity index (χ4n) is 2.13. The minimum atomic E-state index is -0.301. The maximum Gasteiger partial charge on any atom is 0.254 e. The van der Waals surface area contributed by atoms with Gasteiger partial charge in [0, 0.05) is 6.54 Å². The van der Waals surface area contributed by atoms with Crippen molar-refractivity contribution < 1.29 is 4.74 Å². The Balaban J connectivity index is 2.33. The highest BCUT2D eigenvalue weighted by Crippen LogP contribution is 2.41. The molecule has 102 valence electrons. The third-order valence-electron chi connectivity index (χ3n) is 2.87. The van der Waals surface area contributed by atoms with Crippen molar-refractivity contribution in [2.75, 3.05) is 6.54 Å². The third-order valence-corrected chi connectivity index (χ3v) is 5.30. The van der Waals surface area contributed by atoms with E-state index in [1.54, 1.807) is 35.4 Å². The molecule has 0 N–H and O–H groups in total. The molecule has 1 aromatic rings. The predicted octanol–water partition coefficient (Wildman–Crippen LogP) is 3.30. The average Bonchev–Trinajstić information content (AvgIpc) is 2.86. The lowest BCUT2D eigenvalue weighted by Gasteiger charge is -2.28. The molecular weight excluding hydrogens is 296 g/mol. The van der Waals surface area contributed by atoms with Gasteiger partial charge in [0.1, 0.15) is 9.07 Å². The molecule has 2 rings (SSSR count). The van der Waals surface area contributed by atoms with Crippen molar-refractivity contribution in [3.63, 3.8) is 0 Å². The maximum absolute atomic E-state index is 12.5. The Morgan fingerprint density at radius 3 is 2.95 bits per heavy atom. The van der Waals surface area contributed by atoms with Gasteiger partial charge in [0.25, 0.3) is 6.17 Å². The van der Waals surface area contributed by atoms with E-state index in [1.807, 2.05) is 36.3 Å². The van der Waals surface area contributed by atoms with E-state index >= 15 is 0 Å². The van der Waals surface area contributed by atoms with Crippen LogP contribution in [0.3, 0.4) is 0 Å². The first-order chi connectivity index (χ1) is 8.95. The van der Waals surface area contributed by atoms with Crippen LogP contribution in [-0.2, 0) is 0 Å². The van der Waals surface area contributed by atoms with E-state index in [2.05, 4.69) is 6.58 Å². The number of thiophene rings is 1. The molecule has 0 radical (unpaired) electrons. The van der Waals surface area contributed by atoms with E-state index in [4.69, 9.17) is 12.2 Å². The van der Waals surface area contributed by atoms with Crippen LogP contribution in [0.4, 0.5) is 0 Å². The van der Waals surface area contributed by atoms with Crippen LogP contribution < -0.4 is 0 Å². The summed E-state index contributed by atoms with van der Waals surface area (Å²) >= 11 is 8.48. The molecule has 0 aliphatic carbocycles. The van der Waals surface area contributed by atoms with Gasteiger partial charge in [0.15, 0.2) is 6.21 Å². The Hall–Kier alpha value is -0.850. The zero-order valence-corrected chi connectivity index (χ0v) is 13.4. The van der Waals surface area contributed by atoms with Gasteiger partial charge in [-0.15, -0.1) is 17.9 Å². The minimum absolute atomic E-state index is 0.240. The topological polar surface area (TPSA) is 29.3 Å². The molecule has 1 aromatic heterocycles. The molecule has 2 heterocycles. The van der Waals surface area contributed by atoms with E-state index in [-0.39, 0.29) is 10.9 Å². The lowest BCUT2D eigenvalue weighted by atomic mass is 10.1. The standard InChI is InChI=1S/C13H16N2OS3/c1-4-7-14-11(13(2,3)19-12(14)17)15(16)9-10-6-5-8-18-10/h4-6,8-9,11H,1,7H2,2-3H3/b15-9-. The number of hydrogen-bond donors (Lipinski definition) is 0. The molecule has 1 saturated heterocycles. The van der Waals surface area contributed by atoms with Crippen LogP contribution in [0.25, 0.3) is 0 Å². The lowest BCUT2D eigenvalue weighted by Crippen LogP contribution is -2.47. The van der Waals surface area contributed by atoms with Crippen LogP contribution in [0, 0.1) is 5.21 Å². The molecule has 0 bridgehead atoms. The summed E-state index contributed by atoms with van der Waals surface area (Å²) in [5.74, 6) is 0. The molecule has 0 aromatic carbocycles. The second-order valence-electron chi connectivity index (χ2n) is 4.79. The molecule has 0 spiro atoms. The average molecular weight is 312 g/mol.